The minimum Gasteiger partial charge on any atom is -0.497 e. The number of amides is 1. The first kappa shape index (κ1) is 23.4. The van der Waals surface area contributed by atoms with Gasteiger partial charge in [-0.2, -0.15) is 0 Å². The van der Waals surface area contributed by atoms with Crippen molar-refractivity contribution >= 4 is 23.5 Å². The number of carbonyl (C=O) groups is 3. The topological polar surface area (TPSA) is 105 Å². The van der Waals surface area contributed by atoms with E-state index in [4.69, 9.17) is 9.47 Å². The van der Waals surface area contributed by atoms with Crippen molar-refractivity contribution < 1.29 is 29.0 Å². The fourth-order valence-corrected chi connectivity index (χ4v) is 2.76. The van der Waals surface area contributed by atoms with Gasteiger partial charge in [-0.25, -0.2) is 0 Å². The van der Waals surface area contributed by atoms with E-state index in [1.165, 1.54) is 7.11 Å². The van der Waals surface area contributed by atoms with Crippen molar-refractivity contribution in [1.82, 2.24) is 5.32 Å². The van der Waals surface area contributed by atoms with Gasteiger partial charge in [0.2, 0.25) is 5.91 Å². The van der Waals surface area contributed by atoms with Gasteiger partial charge in [-0.1, -0.05) is 19.9 Å². The molecule has 0 aromatic heterocycles. The number of ether oxygens (including phenoxy) is 2. The summed E-state index contributed by atoms with van der Waals surface area (Å²) in [6.45, 7) is 6.99. The molecule has 0 aliphatic heterocycles. The molecule has 2 N–H and O–H groups in total. The smallest absolute Gasteiger partial charge is 0.323 e. The molecule has 1 aromatic rings. The third-order valence-electron chi connectivity index (χ3n) is 4.02. The first-order chi connectivity index (χ1) is 13.2. The van der Waals surface area contributed by atoms with Crippen molar-refractivity contribution in [2.24, 2.45) is 5.92 Å². The second-order valence-corrected chi connectivity index (χ2v) is 6.84. The van der Waals surface area contributed by atoms with Crippen LogP contribution < -0.4 is 15.0 Å². The number of anilines is 1. The third kappa shape index (κ3) is 7.19. The first-order valence-electron chi connectivity index (χ1n) is 9.29. The molecule has 8 nitrogen and oxygen atoms in total. The van der Waals surface area contributed by atoms with Gasteiger partial charge in [-0.05, 0) is 38.3 Å². The van der Waals surface area contributed by atoms with Gasteiger partial charge in [0.15, 0.2) is 0 Å². The maximum atomic E-state index is 13.0. The highest BCUT2D eigenvalue weighted by Gasteiger charge is 2.29. The molecule has 1 amide bonds. The highest BCUT2D eigenvalue weighted by Crippen LogP contribution is 2.22. The Hall–Kier alpha value is -2.61. The Balaban J connectivity index is 3.05. The molecule has 0 spiro atoms. The van der Waals surface area contributed by atoms with Crippen LogP contribution in [0, 0.1) is 5.92 Å². The van der Waals surface area contributed by atoms with Gasteiger partial charge in [0.1, 0.15) is 18.3 Å². The Kier molecular flexibility index (Phi) is 9.44. The van der Waals surface area contributed by atoms with Crippen molar-refractivity contribution in [3.8, 4) is 5.75 Å². The Morgan fingerprint density at radius 1 is 1.21 bits per heavy atom. The molecule has 1 aromatic carbocycles. The largest absolute Gasteiger partial charge is 0.497 e. The van der Waals surface area contributed by atoms with E-state index in [1.54, 1.807) is 38.1 Å². The molecule has 0 bridgehead atoms. The van der Waals surface area contributed by atoms with Gasteiger partial charge in [0, 0.05) is 11.8 Å². The molecule has 0 saturated carbocycles. The van der Waals surface area contributed by atoms with E-state index in [0.717, 1.165) is 4.90 Å². The number of carboxylic acid groups (broad SMARTS) is 1. The molecule has 0 radical (unpaired) electrons. The highest BCUT2D eigenvalue weighted by atomic mass is 16.5. The molecular weight excluding hydrogens is 364 g/mol. The number of carboxylic acids is 1. The molecule has 0 saturated heterocycles. The van der Waals surface area contributed by atoms with Crippen LogP contribution in [-0.4, -0.2) is 55.3 Å². The first-order valence-corrected chi connectivity index (χ1v) is 9.29. The highest BCUT2D eigenvalue weighted by molar-refractivity contribution is 6.00. The Bertz CT molecular complexity index is 676. The number of methoxy groups -OCH3 is 1. The van der Waals surface area contributed by atoms with Crippen LogP contribution in [0.2, 0.25) is 0 Å². The van der Waals surface area contributed by atoms with E-state index in [0.29, 0.717) is 17.9 Å². The summed E-state index contributed by atoms with van der Waals surface area (Å²) in [4.78, 5) is 37.7. The van der Waals surface area contributed by atoms with Crippen LogP contribution in [-0.2, 0) is 19.1 Å². The van der Waals surface area contributed by atoms with Gasteiger partial charge in [0.25, 0.3) is 0 Å². The minimum absolute atomic E-state index is 0.206. The lowest BCUT2D eigenvalue weighted by molar-refractivity contribution is -0.146. The number of rotatable bonds is 11. The van der Waals surface area contributed by atoms with Crippen LogP contribution >= 0.6 is 0 Å². The summed E-state index contributed by atoms with van der Waals surface area (Å²) in [5.74, 6) is -1.33. The van der Waals surface area contributed by atoms with Crippen LogP contribution in [0.1, 0.15) is 34.1 Å². The molecule has 0 heterocycles. The molecule has 0 fully saturated rings. The van der Waals surface area contributed by atoms with Crippen LogP contribution in [0.5, 0.6) is 5.75 Å². The second kappa shape index (κ2) is 11.3. The zero-order valence-electron chi connectivity index (χ0n) is 17.1. The van der Waals surface area contributed by atoms with Gasteiger partial charge < -0.3 is 14.6 Å². The number of nitrogens with one attached hydrogen (secondary N) is 1. The normalized spacial score (nSPS) is 12.9. The summed E-state index contributed by atoms with van der Waals surface area (Å²) in [6, 6.07) is 5.15. The van der Waals surface area contributed by atoms with Crippen molar-refractivity contribution in [3.63, 3.8) is 0 Å². The van der Waals surface area contributed by atoms with E-state index >= 15 is 0 Å². The number of aliphatic carboxylic acids is 1. The number of hydrogen-bond donors (Lipinski definition) is 2. The van der Waals surface area contributed by atoms with Crippen LogP contribution in [0.4, 0.5) is 5.69 Å². The van der Waals surface area contributed by atoms with Crippen molar-refractivity contribution in [3.05, 3.63) is 24.3 Å². The average molecular weight is 394 g/mol. The summed E-state index contributed by atoms with van der Waals surface area (Å²) in [6.07, 6.45) is 0.495. The summed E-state index contributed by atoms with van der Waals surface area (Å²) in [7, 11) is 1.49. The maximum Gasteiger partial charge on any atom is 0.323 e. The molecule has 0 aliphatic carbocycles. The van der Waals surface area contributed by atoms with Crippen LogP contribution in [0.15, 0.2) is 24.3 Å². The number of esters is 1. The van der Waals surface area contributed by atoms with Gasteiger partial charge in [-0.15, -0.1) is 0 Å². The van der Waals surface area contributed by atoms with Crippen molar-refractivity contribution in [2.45, 2.75) is 46.2 Å². The predicted molar refractivity (Wildman–Crippen MR) is 105 cm³/mol. The predicted octanol–water partition coefficient (Wildman–Crippen LogP) is 2.07. The number of benzene rings is 1. The maximum absolute atomic E-state index is 13.0. The third-order valence-corrected chi connectivity index (χ3v) is 4.02. The number of nitrogens with zero attached hydrogens (tertiary/aromatic N) is 1. The zero-order valence-corrected chi connectivity index (χ0v) is 17.1. The minimum atomic E-state index is -1.15. The fourth-order valence-electron chi connectivity index (χ4n) is 2.76. The quantitative estimate of drug-likeness (QED) is 0.554. The Labute approximate surface area is 165 Å². The van der Waals surface area contributed by atoms with Gasteiger partial charge in [-0.3, -0.25) is 24.6 Å². The van der Waals surface area contributed by atoms with E-state index < -0.39 is 36.5 Å². The molecule has 156 valence electrons. The summed E-state index contributed by atoms with van der Waals surface area (Å²) >= 11 is 0. The molecule has 8 heteroatoms. The SMILES string of the molecule is CCOC(=O)C(CC(C)C)N[C@@H](C)C(=O)N(CC(=O)O)c1cccc(OC)c1. The monoisotopic (exact) mass is 394 g/mol. The Morgan fingerprint density at radius 2 is 1.89 bits per heavy atom. The van der Waals surface area contributed by atoms with Crippen molar-refractivity contribution in [1.29, 1.82) is 0 Å². The number of hydrogen-bond acceptors (Lipinski definition) is 6. The summed E-state index contributed by atoms with van der Waals surface area (Å²) in [5.41, 5.74) is 0.400. The zero-order chi connectivity index (χ0) is 21.3. The van der Waals surface area contributed by atoms with Crippen LogP contribution in [0.3, 0.4) is 0 Å². The lowest BCUT2D eigenvalue weighted by Crippen LogP contribution is -2.52. The van der Waals surface area contributed by atoms with E-state index in [-0.39, 0.29) is 12.5 Å². The molecule has 0 aliphatic rings. The lowest BCUT2D eigenvalue weighted by Gasteiger charge is -2.28. The molecule has 1 rings (SSSR count). The number of carbonyl (C=O) groups excluding carboxylic acids is 2. The summed E-state index contributed by atoms with van der Waals surface area (Å²) in [5, 5.41) is 12.2. The average Bonchev–Trinajstić information content (AvgIpc) is 2.64. The second-order valence-electron chi connectivity index (χ2n) is 6.84. The van der Waals surface area contributed by atoms with E-state index in [2.05, 4.69) is 5.32 Å². The summed E-state index contributed by atoms with van der Waals surface area (Å²) < 4.78 is 10.2. The standard InChI is InChI=1S/C20H30N2O6/c1-6-28-20(26)17(10-13(2)3)21-14(4)19(25)22(12-18(23)24)15-8-7-9-16(11-15)27-5/h7-9,11,13-14,17,21H,6,10,12H2,1-5H3,(H,23,24)/t14-,17?/m0/s1. The molecule has 1 unspecified atom stereocenters. The Morgan fingerprint density at radius 3 is 2.43 bits per heavy atom. The van der Waals surface area contributed by atoms with Crippen LogP contribution in [0.25, 0.3) is 0 Å². The molecular formula is C20H30N2O6. The van der Waals surface area contributed by atoms with E-state index in [9.17, 15) is 19.5 Å². The lowest BCUT2D eigenvalue weighted by atomic mass is 10.0. The van der Waals surface area contributed by atoms with E-state index in [1.807, 2.05) is 13.8 Å². The fraction of sp³-hybridized carbons (Fsp3) is 0.550. The van der Waals surface area contributed by atoms with Gasteiger partial charge >= 0.3 is 11.9 Å². The van der Waals surface area contributed by atoms with Gasteiger partial charge in [0.05, 0.1) is 19.8 Å². The molecule has 28 heavy (non-hydrogen) atoms. The molecule has 2 atom stereocenters. The van der Waals surface area contributed by atoms with Crippen molar-refractivity contribution in [2.75, 3.05) is 25.2 Å².